The summed E-state index contributed by atoms with van der Waals surface area (Å²) in [7, 11) is 3.39. The lowest BCUT2D eigenvalue weighted by molar-refractivity contribution is -0.136. The number of halogens is 1. The Bertz CT molecular complexity index is 1100. The van der Waals surface area contributed by atoms with Crippen molar-refractivity contribution in [2.24, 2.45) is 5.41 Å². The molecule has 0 N–H and O–H groups in total. The molecule has 0 amide bonds. The standard InChI is InChI=1S/C28H33BrO4/c1-16(2)20-14-21-22(27(30)33-18-11-9-17(29)10-12-18)15-23-19(8-7-13-28(23,3)4)24(21)26(32-6)25(20)31-5/h9-12,14,16,22H,7-8,13,15H2,1-6H3. The van der Waals surface area contributed by atoms with Crippen LogP contribution in [0.4, 0.5) is 0 Å². The van der Waals surface area contributed by atoms with Crippen LogP contribution in [0.1, 0.15) is 81.9 Å². The van der Waals surface area contributed by atoms with E-state index in [4.69, 9.17) is 14.2 Å². The number of methoxy groups -OCH3 is 2. The third-order valence-electron chi connectivity index (χ3n) is 7.14. The van der Waals surface area contributed by atoms with Gasteiger partial charge in [-0.15, -0.1) is 0 Å². The van der Waals surface area contributed by atoms with Crippen molar-refractivity contribution in [1.29, 1.82) is 0 Å². The normalized spacial score (nSPS) is 19.1. The summed E-state index contributed by atoms with van der Waals surface area (Å²) in [5.41, 5.74) is 5.77. The van der Waals surface area contributed by atoms with Crippen LogP contribution in [-0.2, 0) is 4.79 Å². The fourth-order valence-corrected chi connectivity index (χ4v) is 5.67. The lowest BCUT2D eigenvalue weighted by Crippen LogP contribution is -2.30. The summed E-state index contributed by atoms with van der Waals surface area (Å²) < 4.78 is 18.7. The molecule has 4 rings (SSSR count). The van der Waals surface area contributed by atoms with E-state index in [1.807, 2.05) is 24.3 Å². The minimum absolute atomic E-state index is 0.0242. The molecular weight excluding hydrogens is 480 g/mol. The third kappa shape index (κ3) is 4.32. The highest BCUT2D eigenvalue weighted by Gasteiger charge is 2.42. The lowest BCUT2D eigenvalue weighted by Gasteiger charge is -2.41. The van der Waals surface area contributed by atoms with Crippen molar-refractivity contribution in [3.8, 4) is 17.2 Å². The molecular formula is C28H33BrO4. The molecule has 1 atom stereocenters. The van der Waals surface area contributed by atoms with Gasteiger partial charge < -0.3 is 14.2 Å². The van der Waals surface area contributed by atoms with Crippen LogP contribution in [0.3, 0.4) is 0 Å². The number of esters is 1. The Morgan fingerprint density at radius 1 is 1.09 bits per heavy atom. The number of carbonyl (C=O) groups is 1. The van der Waals surface area contributed by atoms with Crippen LogP contribution in [0.25, 0.3) is 5.57 Å². The molecule has 0 spiro atoms. The summed E-state index contributed by atoms with van der Waals surface area (Å²) in [5.74, 6) is 1.66. The molecule has 0 aliphatic heterocycles. The van der Waals surface area contributed by atoms with Gasteiger partial charge in [-0.3, -0.25) is 4.79 Å². The number of allylic oxidation sites excluding steroid dienone is 2. The third-order valence-corrected chi connectivity index (χ3v) is 7.67. The van der Waals surface area contributed by atoms with Crippen LogP contribution in [-0.4, -0.2) is 20.2 Å². The first-order chi connectivity index (χ1) is 15.7. The molecule has 4 nitrogen and oxygen atoms in total. The number of rotatable bonds is 5. The number of carbonyl (C=O) groups excluding carboxylic acids is 1. The van der Waals surface area contributed by atoms with E-state index in [2.05, 4.69) is 49.7 Å². The largest absolute Gasteiger partial charge is 0.493 e. The SMILES string of the molecule is COc1c(C(C)C)cc2c(c1OC)C1=C(CC2C(=O)Oc2ccc(Br)cc2)C(C)(C)CCC1. The zero-order valence-electron chi connectivity index (χ0n) is 20.4. The van der Waals surface area contributed by atoms with Crippen LogP contribution in [0, 0.1) is 5.41 Å². The Morgan fingerprint density at radius 2 is 1.76 bits per heavy atom. The second-order valence-corrected chi connectivity index (χ2v) is 10.9. The second kappa shape index (κ2) is 9.17. The molecule has 0 aromatic heterocycles. The number of fused-ring (bicyclic) bond motifs is 2. The first-order valence-corrected chi connectivity index (χ1v) is 12.5. The van der Waals surface area contributed by atoms with Gasteiger partial charge in [0, 0.05) is 15.6 Å². The average Bonchev–Trinajstić information content (AvgIpc) is 2.78. The van der Waals surface area contributed by atoms with E-state index in [0.717, 1.165) is 51.9 Å². The average molecular weight is 513 g/mol. The van der Waals surface area contributed by atoms with E-state index >= 15 is 0 Å². The molecule has 2 aliphatic carbocycles. The van der Waals surface area contributed by atoms with Crippen LogP contribution < -0.4 is 14.2 Å². The van der Waals surface area contributed by atoms with Crippen LogP contribution >= 0.6 is 15.9 Å². The van der Waals surface area contributed by atoms with E-state index in [1.54, 1.807) is 14.2 Å². The fourth-order valence-electron chi connectivity index (χ4n) is 5.41. The van der Waals surface area contributed by atoms with Gasteiger partial charge in [-0.1, -0.05) is 55.3 Å². The smallest absolute Gasteiger partial charge is 0.319 e. The van der Waals surface area contributed by atoms with E-state index in [9.17, 15) is 4.79 Å². The Hall–Kier alpha value is -2.27. The molecule has 0 bridgehead atoms. The van der Waals surface area contributed by atoms with Crippen LogP contribution in [0.5, 0.6) is 17.2 Å². The zero-order chi connectivity index (χ0) is 23.9. The van der Waals surface area contributed by atoms with E-state index < -0.39 is 5.92 Å². The first-order valence-electron chi connectivity index (χ1n) is 11.7. The number of hydrogen-bond acceptors (Lipinski definition) is 4. The van der Waals surface area contributed by atoms with Crippen LogP contribution in [0.2, 0.25) is 0 Å². The van der Waals surface area contributed by atoms with Crippen LogP contribution in [0.15, 0.2) is 40.4 Å². The topological polar surface area (TPSA) is 44.8 Å². The highest BCUT2D eigenvalue weighted by atomic mass is 79.9. The monoisotopic (exact) mass is 512 g/mol. The molecule has 0 fully saturated rings. The van der Waals surface area contributed by atoms with Gasteiger partial charge in [-0.2, -0.15) is 0 Å². The Morgan fingerprint density at radius 3 is 2.36 bits per heavy atom. The zero-order valence-corrected chi connectivity index (χ0v) is 22.0. The van der Waals surface area contributed by atoms with Gasteiger partial charge in [-0.25, -0.2) is 0 Å². The number of benzene rings is 2. The van der Waals surface area contributed by atoms with Gasteiger partial charge in [0.1, 0.15) is 5.75 Å². The van der Waals surface area contributed by atoms with E-state index in [-0.39, 0.29) is 17.3 Å². The van der Waals surface area contributed by atoms with Gasteiger partial charge in [0.25, 0.3) is 0 Å². The summed E-state index contributed by atoms with van der Waals surface area (Å²) in [6.07, 6.45) is 3.90. The fraction of sp³-hybridized carbons (Fsp3) is 0.464. The Balaban J connectivity index is 1.91. The van der Waals surface area contributed by atoms with Crippen molar-refractivity contribution in [2.75, 3.05) is 14.2 Å². The van der Waals surface area contributed by atoms with Crippen molar-refractivity contribution in [2.45, 2.75) is 65.2 Å². The number of ether oxygens (including phenoxy) is 3. The predicted molar refractivity (Wildman–Crippen MR) is 135 cm³/mol. The van der Waals surface area contributed by atoms with Gasteiger partial charge in [-0.05, 0) is 72.4 Å². The molecule has 33 heavy (non-hydrogen) atoms. The quantitative estimate of drug-likeness (QED) is 0.304. The van der Waals surface area contributed by atoms with Crippen molar-refractivity contribution < 1.29 is 19.0 Å². The molecule has 0 saturated heterocycles. The van der Waals surface area contributed by atoms with Gasteiger partial charge in [0.2, 0.25) is 0 Å². The second-order valence-electron chi connectivity index (χ2n) is 9.98. The Labute approximate surface area is 205 Å². The maximum atomic E-state index is 13.6. The van der Waals surface area contributed by atoms with Crippen molar-refractivity contribution in [1.82, 2.24) is 0 Å². The van der Waals surface area contributed by atoms with E-state index in [0.29, 0.717) is 12.2 Å². The minimum atomic E-state index is -0.392. The molecule has 0 radical (unpaired) electrons. The molecule has 176 valence electrons. The molecule has 1 unspecified atom stereocenters. The summed E-state index contributed by atoms with van der Waals surface area (Å²) in [5, 5.41) is 0. The summed E-state index contributed by atoms with van der Waals surface area (Å²) in [6, 6.07) is 9.55. The summed E-state index contributed by atoms with van der Waals surface area (Å²) >= 11 is 3.44. The van der Waals surface area contributed by atoms with Crippen molar-refractivity contribution in [3.63, 3.8) is 0 Å². The molecule has 0 heterocycles. The highest BCUT2D eigenvalue weighted by molar-refractivity contribution is 9.10. The van der Waals surface area contributed by atoms with E-state index in [1.165, 1.54) is 11.1 Å². The molecule has 0 saturated carbocycles. The molecule has 2 aliphatic rings. The predicted octanol–water partition coefficient (Wildman–Crippen LogP) is 7.65. The summed E-state index contributed by atoms with van der Waals surface area (Å²) in [6.45, 7) is 8.85. The maximum Gasteiger partial charge on any atom is 0.319 e. The minimum Gasteiger partial charge on any atom is -0.493 e. The van der Waals surface area contributed by atoms with Gasteiger partial charge in [0.05, 0.1) is 20.1 Å². The number of hydrogen-bond donors (Lipinski definition) is 0. The molecule has 2 aromatic carbocycles. The van der Waals surface area contributed by atoms with Crippen molar-refractivity contribution in [3.05, 3.63) is 57.1 Å². The first kappa shape index (κ1) is 23.9. The highest BCUT2D eigenvalue weighted by Crippen LogP contribution is 2.57. The van der Waals surface area contributed by atoms with Gasteiger partial charge >= 0.3 is 5.97 Å². The molecule has 5 heteroatoms. The Kier molecular flexibility index (Phi) is 6.63. The lowest BCUT2D eigenvalue weighted by atomic mass is 9.63. The molecule has 2 aromatic rings. The van der Waals surface area contributed by atoms with Gasteiger partial charge in [0.15, 0.2) is 11.5 Å². The van der Waals surface area contributed by atoms with Crippen molar-refractivity contribution >= 4 is 27.5 Å². The summed E-state index contributed by atoms with van der Waals surface area (Å²) in [4.78, 5) is 13.6. The maximum absolute atomic E-state index is 13.6.